The summed E-state index contributed by atoms with van der Waals surface area (Å²) in [5.41, 5.74) is 5.66. The van der Waals surface area contributed by atoms with E-state index in [1.165, 1.54) is 24.5 Å². The SMILES string of the molecule is CCC[C@H](CC(=O)O)c1cccc(OCc2ccc(-c3cc(OC)ccc3F)c(C3=CCCCCC3)c2)c1. The lowest BCUT2D eigenvalue weighted by atomic mass is 9.90. The maximum absolute atomic E-state index is 15.0. The maximum atomic E-state index is 15.0. The van der Waals surface area contributed by atoms with Crippen molar-refractivity contribution in [1.29, 1.82) is 0 Å². The Balaban J connectivity index is 1.62. The summed E-state index contributed by atoms with van der Waals surface area (Å²) in [7, 11) is 1.59. The lowest BCUT2D eigenvalue weighted by Crippen LogP contribution is -2.06. The lowest BCUT2D eigenvalue weighted by molar-refractivity contribution is -0.137. The molecule has 38 heavy (non-hydrogen) atoms. The highest BCUT2D eigenvalue weighted by atomic mass is 19.1. The number of halogens is 1. The van der Waals surface area contributed by atoms with Gasteiger partial charge in [0.05, 0.1) is 13.5 Å². The van der Waals surface area contributed by atoms with Crippen LogP contribution in [0.5, 0.6) is 11.5 Å². The number of aliphatic carboxylic acids is 1. The molecule has 0 fully saturated rings. The molecule has 0 bridgehead atoms. The van der Waals surface area contributed by atoms with Crippen molar-refractivity contribution in [2.24, 2.45) is 0 Å². The number of ether oxygens (including phenoxy) is 2. The van der Waals surface area contributed by atoms with E-state index in [1.54, 1.807) is 19.2 Å². The highest BCUT2D eigenvalue weighted by Crippen LogP contribution is 2.37. The van der Waals surface area contributed by atoms with Crippen LogP contribution in [-0.4, -0.2) is 18.2 Å². The van der Waals surface area contributed by atoms with Crippen LogP contribution < -0.4 is 9.47 Å². The fraction of sp³-hybridized carbons (Fsp3) is 0.364. The fourth-order valence-corrected chi connectivity index (χ4v) is 5.25. The first-order chi connectivity index (χ1) is 18.5. The molecule has 0 spiro atoms. The normalized spacial score (nSPS) is 14.3. The minimum Gasteiger partial charge on any atom is -0.497 e. The van der Waals surface area contributed by atoms with E-state index in [2.05, 4.69) is 19.1 Å². The molecule has 0 aliphatic heterocycles. The first-order valence-electron chi connectivity index (χ1n) is 13.6. The van der Waals surface area contributed by atoms with Crippen molar-refractivity contribution >= 4 is 11.5 Å². The maximum Gasteiger partial charge on any atom is 0.303 e. The van der Waals surface area contributed by atoms with Crippen LogP contribution in [0.2, 0.25) is 0 Å². The van der Waals surface area contributed by atoms with Gasteiger partial charge in [-0.3, -0.25) is 4.79 Å². The average Bonchev–Trinajstić information content (AvgIpc) is 3.22. The van der Waals surface area contributed by atoms with Gasteiger partial charge in [-0.2, -0.15) is 0 Å². The topological polar surface area (TPSA) is 55.8 Å². The summed E-state index contributed by atoms with van der Waals surface area (Å²) in [4.78, 5) is 11.4. The molecule has 0 amide bonds. The third kappa shape index (κ3) is 7.03. The molecule has 3 aromatic carbocycles. The van der Waals surface area contributed by atoms with E-state index in [9.17, 15) is 14.3 Å². The van der Waals surface area contributed by atoms with E-state index in [4.69, 9.17) is 9.47 Å². The van der Waals surface area contributed by atoms with Gasteiger partial charge in [0.1, 0.15) is 23.9 Å². The van der Waals surface area contributed by atoms with Gasteiger partial charge in [-0.1, -0.05) is 50.1 Å². The number of benzene rings is 3. The first-order valence-corrected chi connectivity index (χ1v) is 13.6. The monoisotopic (exact) mass is 516 g/mol. The van der Waals surface area contributed by atoms with Gasteiger partial charge in [-0.15, -0.1) is 0 Å². The Hall–Kier alpha value is -3.60. The molecule has 0 unspecified atom stereocenters. The molecule has 1 aliphatic carbocycles. The van der Waals surface area contributed by atoms with E-state index in [0.29, 0.717) is 23.7 Å². The van der Waals surface area contributed by atoms with E-state index in [1.807, 2.05) is 36.4 Å². The molecule has 0 aromatic heterocycles. The molecular formula is C33H37FO4. The molecule has 200 valence electrons. The lowest BCUT2D eigenvalue weighted by Gasteiger charge is -2.17. The second-order valence-corrected chi connectivity index (χ2v) is 10.00. The largest absolute Gasteiger partial charge is 0.497 e. The van der Waals surface area contributed by atoms with Crippen molar-refractivity contribution in [2.75, 3.05) is 7.11 Å². The molecule has 5 heteroatoms. The number of methoxy groups -OCH3 is 1. The second kappa shape index (κ2) is 13.3. The van der Waals surface area contributed by atoms with Gasteiger partial charge in [0.25, 0.3) is 0 Å². The van der Waals surface area contributed by atoms with Crippen LogP contribution in [0.4, 0.5) is 4.39 Å². The molecule has 0 radical (unpaired) electrons. The van der Waals surface area contributed by atoms with Gasteiger partial charge in [0, 0.05) is 5.56 Å². The number of carbonyl (C=O) groups is 1. The molecule has 4 rings (SSSR count). The number of hydrogen-bond acceptors (Lipinski definition) is 3. The Labute approximate surface area is 225 Å². The van der Waals surface area contributed by atoms with Crippen molar-refractivity contribution in [3.05, 3.63) is 89.2 Å². The number of carboxylic acids is 1. The van der Waals surface area contributed by atoms with Gasteiger partial charge < -0.3 is 14.6 Å². The van der Waals surface area contributed by atoms with E-state index >= 15 is 0 Å². The molecule has 4 nitrogen and oxygen atoms in total. The Morgan fingerprint density at radius 1 is 0.974 bits per heavy atom. The minimum absolute atomic E-state index is 0.0353. The Kier molecular flexibility index (Phi) is 9.58. The zero-order chi connectivity index (χ0) is 26.9. The number of rotatable bonds is 11. The van der Waals surface area contributed by atoms with Crippen LogP contribution in [-0.2, 0) is 11.4 Å². The Morgan fingerprint density at radius 2 is 1.84 bits per heavy atom. The summed E-state index contributed by atoms with van der Waals surface area (Å²) in [5.74, 6) is 0.241. The Bertz CT molecular complexity index is 1280. The van der Waals surface area contributed by atoms with Gasteiger partial charge >= 0.3 is 5.97 Å². The summed E-state index contributed by atoms with van der Waals surface area (Å²) >= 11 is 0. The van der Waals surface area contributed by atoms with Crippen molar-refractivity contribution in [2.45, 2.75) is 70.8 Å². The van der Waals surface area contributed by atoms with Crippen LogP contribution in [0.1, 0.15) is 80.9 Å². The summed E-state index contributed by atoms with van der Waals surface area (Å²) in [6, 6.07) is 18.7. The van der Waals surface area contributed by atoms with Gasteiger partial charge in [-0.25, -0.2) is 4.39 Å². The molecule has 1 N–H and O–H groups in total. The molecule has 0 saturated heterocycles. The molecule has 3 aromatic rings. The smallest absolute Gasteiger partial charge is 0.303 e. The van der Waals surface area contributed by atoms with Gasteiger partial charge in [0.2, 0.25) is 0 Å². The molecule has 1 atom stereocenters. The van der Waals surface area contributed by atoms with Crippen LogP contribution in [0.3, 0.4) is 0 Å². The first kappa shape index (κ1) is 27.4. The van der Waals surface area contributed by atoms with Crippen molar-refractivity contribution in [3.8, 4) is 22.6 Å². The third-order valence-electron chi connectivity index (χ3n) is 7.23. The summed E-state index contributed by atoms with van der Waals surface area (Å²) in [6.07, 6.45) is 9.63. The Morgan fingerprint density at radius 3 is 2.63 bits per heavy atom. The second-order valence-electron chi connectivity index (χ2n) is 10.00. The van der Waals surface area contributed by atoms with E-state index < -0.39 is 5.97 Å². The average molecular weight is 517 g/mol. The van der Waals surface area contributed by atoms with Crippen molar-refractivity contribution in [1.82, 2.24) is 0 Å². The van der Waals surface area contributed by atoms with Gasteiger partial charge in [-0.05, 0) is 102 Å². The minimum atomic E-state index is -0.789. The predicted octanol–water partition coefficient (Wildman–Crippen LogP) is 8.79. The highest BCUT2D eigenvalue weighted by molar-refractivity contribution is 5.82. The van der Waals surface area contributed by atoms with Crippen molar-refractivity contribution in [3.63, 3.8) is 0 Å². The highest BCUT2D eigenvalue weighted by Gasteiger charge is 2.18. The van der Waals surface area contributed by atoms with Crippen LogP contribution in [0, 0.1) is 5.82 Å². The third-order valence-corrected chi connectivity index (χ3v) is 7.23. The molecule has 0 saturated carbocycles. The molecular weight excluding hydrogens is 479 g/mol. The van der Waals surface area contributed by atoms with Crippen LogP contribution in [0.25, 0.3) is 16.7 Å². The zero-order valence-corrected chi connectivity index (χ0v) is 22.3. The quantitative estimate of drug-likeness (QED) is 0.277. The zero-order valence-electron chi connectivity index (χ0n) is 22.3. The summed E-state index contributed by atoms with van der Waals surface area (Å²) < 4.78 is 26.5. The molecule has 0 heterocycles. The van der Waals surface area contributed by atoms with Crippen LogP contribution >= 0.6 is 0 Å². The number of allylic oxidation sites excluding steroid dienone is 2. The van der Waals surface area contributed by atoms with E-state index in [-0.39, 0.29) is 18.2 Å². The predicted molar refractivity (Wildman–Crippen MR) is 150 cm³/mol. The molecule has 1 aliphatic rings. The number of hydrogen-bond donors (Lipinski definition) is 1. The fourth-order valence-electron chi connectivity index (χ4n) is 5.25. The number of carboxylic acid groups (broad SMARTS) is 1. The summed E-state index contributed by atoms with van der Waals surface area (Å²) in [5, 5.41) is 9.33. The van der Waals surface area contributed by atoms with Gasteiger partial charge in [0.15, 0.2) is 0 Å². The summed E-state index contributed by atoms with van der Waals surface area (Å²) in [6.45, 7) is 2.43. The standard InChI is InChI=1S/C33H37FO4/c1-3-9-25(20-33(35)36)26-12-8-13-28(19-26)38-22-23-14-16-29(31-21-27(37-2)15-17-32(31)34)30(18-23)24-10-6-4-5-7-11-24/h8,10,12-19,21,25H,3-7,9,11,20,22H2,1-2H3,(H,35,36)/t25-/m1/s1. The van der Waals surface area contributed by atoms with Crippen molar-refractivity contribution < 1.29 is 23.8 Å². The van der Waals surface area contributed by atoms with Crippen LogP contribution in [0.15, 0.2) is 66.7 Å². The van der Waals surface area contributed by atoms with E-state index in [0.717, 1.165) is 54.4 Å².